The minimum atomic E-state index is -4.00. The molecule has 1 heterocycles. The number of amides is 2. The maximum absolute atomic E-state index is 12.6. The number of carbonyl (C=O) groups is 1. The number of fused-ring (bicyclic) bond motifs is 1. The van der Waals surface area contributed by atoms with Crippen LogP contribution in [0.2, 0.25) is 0 Å². The van der Waals surface area contributed by atoms with Gasteiger partial charge in [0.2, 0.25) is 10.0 Å². The first-order chi connectivity index (χ1) is 12.6. The van der Waals surface area contributed by atoms with Gasteiger partial charge in [0.1, 0.15) is 0 Å². The molecule has 1 aliphatic heterocycles. The molecule has 0 saturated carbocycles. The fourth-order valence-corrected chi connectivity index (χ4v) is 4.53. The lowest BCUT2D eigenvalue weighted by Gasteiger charge is -2.26. The summed E-state index contributed by atoms with van der Waals surface area (Å²) >= 11 is 0. The Labute approximate surface area is 157 Å². The number of nitrogens with one attached hydrogen (secondary N) is 3. The number of urea groups is 1. The highest BCUT2D eigenvalue weighted by Crippen LogP contribution is 2.27. The number of rotatable bonds is 5. The fourth-order valence-electron chi connectivity index (χ4n) is 2.59. The molecule has 0 atom stereocenters. The van der Waals surface area contributed by atoms with E-state index in [1.54, 1.807) is 19.2 Å². The maximum atomic E-state index is 12.6. The molecule has 0 aliphatic carbocycles. The molecular weight excluding hydrogens is 392 g/mol. The number of hydrogen-bond donors (Lipinski definition) is 3. The van der Waals surface area contributed by atoms with Crippen molar-refractivity contribution in [3.8, 4) is 0 Å². The highest BCUT2D eigenvalue weighted by molar-refractivity contribution is 7.93. The topological polar surface area (TPSA) is 125 Å². The molecule has 0 saturated heterocycles. The van der Waals surface area contributed by atoms with Crippen molar-refractivity contribution < 1.29 is 21.6 Å². The van der Waals surface area contributed by atoms with E-state index in [0.717, 1.165) is 11.6 Å². The standard InChI is InChI=1S/C16H18N4O5S2/c1-17-26(22,23)13-4-3-5-14(9-13)27(24,25)19-12-6-7-15-11(8-12)10-20(2)16(21)18-15/h3-9,17,19H,10H2,1-2H3,(H,18,21). The summed E-state index contributed by atoms with van der Waals surface area (Å²) in [5.74, 6) is 0. The molecule has 144 valence electrons. The van der Waals surface area contributed by atoms with Gasteiger partial charge in [-0.3, -0.25) is 4.72 Å². The molecule has 11 heteroatoms. The zero-order valence-corrected chi connectivity index (χ0v) is 16.2. The first-order valence-corrected chi connectivity index (χ1v) is 10.8. The Balaban J connectivity index is 1.91. The van der Waals surface area contributed by atoms with Crippen LogP contribution in [0.4, 0.5) is 16.2 Å². The van der Waals surface area contributed by atoms with Crippen molar-refractivity contribution in [2.45, 2.75) is 16.3 Å². The first-order valence-electron chi connectivity index (χ1n) is 7.84. The van der Waals surface area contributed by atoms with Crippen LogP contribution in [0.25, 0.3) is 0 Å². The Hall–Kier alpha value is -2.63. The molecule has 0 fully saturated rings. The maximum Gasteiger partial charge on any atom is 0.321 e. The number of nitrogens with zero attached hydrogens (tertiary/aromatic N) is 1. The van der Waals surface area contributed by atoms with E-state index in [1.165, 1.54) is 36.2 Å². The lowest BCUT2D eigenvalue weighted by molar-refractivity contribution is 0.218. The summed E-state index contributed by atoms with van der Waals surface area (Å²) in [5.41, 5.74) is 1.67. The van der Waals surface area contributed by atoms with Crippen LogP contribution in [-0.4, -0.2) is 41.9 Å². The second-order valence-electron chi connectivity index (χ2n) is 5.95. The molecule has 0 spiro atoms. The lowest BCUT2D eigenvalue weighted by Crippen LogP contribution is -2.35. The van der Waals surface area contributed by atoms with Crippen molar-refractivity contribution in [2.24, 2.45) is 0 Å². The molecule has 0 bridgehead atoms. The number of hydrogen-bond acceptors (Lipinski definition) is 5. The second kappa shape index (κ2) is 6.83. The van der Waals surface area contributed by atoms with Crippen molar-refractivity contribution in [3.05, 3.63) is 48.0 Å². The predicted octanol–water partition coefficient (Wildman–Crippen LogP) is 1.37. The van der Waals surface area contributed by atoms with E-state index < -0.39 is 20.0 Å². The van der Waals surface area contributed by atoms with Gasteiger partial charge in [0.05, 0.1) is 9.79 Å². The molecule has 0 aromatic heterocycles. The Morgan fingerprint density at radius 2 is 1.67 bits per heavy atom. The summed E-state index contributed by atoms with van der Waals surface area (Å²) in [6, 6.07) is 9.58. The summed E-state index contributed by atoms with van der Waals surface area (Å²) in [4.78, 5) is 12.8. The Kier molecular flexibility index (Phi) is 4.84. The summed E-state index contributed by atoms with van der Waals surface area (Å²) in [6.45, 7) is 0.340. The van der Waals surface area contributed by atoms with Crippen LogP contribution in [-0.2, 0) is 26.6 Å². The normalized spacial score (nSPS) is 14.4. The van der Waals surface area contributed by atoms with Crippen LogP contribution in [0.1, 0.15) is 5.56 Å². The van der Waals surface area contributed by atoms with Gasteiger partial charge in [-0.2, -0.15) is 0 Å². The SMILES string of the molecule is CNS(=O)(=O)c1cccc(S(=O)(=O)Nc2ccc3c(c2)CN(C)C(=O)N3)c1. The molecule has 2 amide bonds. The van der Waals surface area contributed by atoms with E-state index >= 15 is 0 Å². The highest BCUT2D eigenvalue weighted by Gasteiger charge is 2.22. The van der Waals surface area contributed by atoms with Crippen molar-refractivity contribution in [1.82, 2.24) is 9.62 Å². The minimum absolute atomic E-state index is 0.150. The molecule has 3 rings (SSSR count). The van der Waals surface area contributed by atoms with Crippen molar-refractivity contribution in [1.29, 1.82) is 0 Å². The first kappa shape index (κ1) is 19.1. The zero-order chi connectivity index (χ0) is 19.8. The second-order valence-corrected chi connectivity index (χ2v) is 9.51. The molecule has 2 aromatic rings. The van der Waals surface area contributed by atoms with Gasteiger partial charge < -0.3 is 10.2 Å². The quantitative estimate of drug-likeness (QED) is 0.687. The number of benzene rings is 2. The Morgan fingerprint density at radius 3 is 2.33 bits per heavy atom. The van der Waals surface area contributed by atoms with Crippen molar-refractivity contribution >= 4 is 37.5 Å². The van der Waals surface area contributed by atoms with Crippen LogP contribution in [0.15, 0.2) is 52.3 Å². The molecule has 2 aromatic carbocycles. The van der Waals surface area contributed by atoms with Gasteiger partial charge in [0, 0.05) is 25.0 Å². The number of sulfonamides is 2. The van der Waals surface area contributed by atoms with Crippen LogP contribution < -0.4 is 14.8 Å². The Bertz CT molecular complexity index is 1110. The van der Waals surface area contributed by atoms with E-state index in [9.17, 15) is 21.6 Å². The monoisotopic (exact) mass is 410 g/mol. The third-order valence-corrected chi connectivity index (χ3v) is 6.84. The summed E-state index contributed by atoms with van der Waals surface area (Å²) in [6.07, 6.45) is 0. The van der Waals surface area contributed by atoms with Crippen molar-refractivity contribution in [3.63, 3.8) is 0 Å². The van der Waals surface area contributed by atoms with Gasteiger partial charge in [-0.25, -0.2) is 26.4 Å². The van der Waals surface area contributed by atoms with Crippen LogP contribution in [0, 0.1) is 0 Å². The van der Waals surface area contributed by atoms with Gasteiger partial charge >= 0.3 is 6.03 Å². The van der Waals surface area contributed by atoms with Gasteiger partial charge in [0.15, 0.2) is 0 Å². The molecule has 0 radical (unpaired) electrons. The Morgan fingerprint density at radius 1 is 1.00 bits per heavy atom. The van der Waals surface area contributed by atoms with E-state index in [4.69, 9.17) is 0 Å². The van der Waals surface area contributed by atoms with Crippen LogP contribution in [0.5, 0.6) is 0 Å². The average molecular weight is 410 g/mol. The van der Waals surface area contributed by atoms with Crippen LogP contribution >= 0.6 is 0 Å². The van der Waals surface area contributed by atoms with E-state index in [1.807, 2.05) is 0 Å². The highest BCUT2D eigenvalue weighted by atomic mass is 32.2. The smallest absolute Gasteiger partial charge is 0.321 e. The predicted molar refractivity (Wildman–Crippen MR) is 100 cm³/mol. The molecule has 3 N–H and O–H groups in total. The van der Waals surface area contributed by atoms with E-state index in [2.05, 4.69) is 14.8 Å². The summed E-state index contributed by atoms with van der Waals surface area (Å²) in [5, 5.41) is 2.70. The molecule has 27 heavy (non-hydrogen) atoms. The number of carbonyl (C=O) groups excluding carboxylic acids is 1. The third-order valence-electron chi connectivity index (χ3n) is 4.05. The van der Waals surface area contributed by atoms with Crippen LogP contribution in [0.3, 0.4) is 0 Å². The minimum Gasteiger partial charge on any atom is -0.323 e. The van der Waals surface area contributed by atoms with Gasteiger partial charge in [-0.15, -0.1) is 0 Å². The van der Waals surface area contributed by atoms with E-state index in [0.29, 0.717) is 17.9 Å². The zero-order valence-electron chi connectivity index (χ0n) is 14.6. The average Bonchev–Trinajstić information content (AvgIpc) is 2.63. The summed E-state index contributed by atoms with van der Waals surface area (Å²) in [7, 11) is -4.89. The van der Waals surface area contributed by atoms with Gasteiger partial charge in [-0.05, 0) is 49.0 Å². The molecule has 9 nitrogen and oxygen atoms in total. The summed E-state index contributed by atoms with van der Waals surface area (Å²) < 4.78 is 53.7. The van der Waals surface area contributed by atoms with E-state index in [-0.39, 0.29) is 15.8 Å². The largest absolute Gasteiger partial charge is 0.323 e. The third kappa shape index (κ3) is 3.89. The fraction of sp³-hybridized carbons (Fsp3) is 0.188. The van der Waals surface area contributed by atoms with Gasteiger partial charge in [0.25, 0.3) is 10.0 Å². The molecule has 0 unspecified atom stereocenters. The lowest BCUT2D eigenvalue weighted by atomic mass is 10.1. The number of anilines is 2. The van der Waals surface area contributed by atoms with Crippen molar-refractivity contribution in [2.75, 3.05) is 24.1 Å². The molecular formula is C16H18N4O5S2. The van der Waals surface area contributed by atoms with Gasteiger partial charge in [-0.1, -0.05) is 6.07 Å². The molecule has 1 aliphatic rings.